The third-order valence-corrected chi connectivity index (χ3v) is 8.12. The molecular formula is C27H21FN4O3S2. The second kappa shape index (κ2) is 10.6. The number of ketones is 1. The molecule has 2 aromatic carbocycles. The number of Topliss-reactive ketones (excluding diaryl/α,β-unsaturated/α-hetero) is 1. The molecule has 0 radical (unpaired) electrons. The molecule has 3 heterocycles. The molecule has 4 aromatic rings. The molecule has 1 atom stereocenters. The van der Waals surface area contributed by atoms with Crippen LogP contribution in [-0.2, 0) is 21.8 Å². The minimum Gasteiger partial charge on any atom is -0.507 e. The fourth-order valence-corrected chi connectivity index (χ4v) is 5.91. The molecule has 1 fully saturated rings. The maximum atomic E-state index is 14.0. The fourth-order valence-electron chi connectivity index (χ4n) is 4.06. The number of nitrogens with zero attached hydrogens (tertiary/aromatic N) is 4. The summed E-state index contributed by atoms with van der Waals surface area (Å²) in [6.45, 7) is 2.03. The molecule has 1 saturated heterocycles. The Balaban J connectivity index is 1.54. The lowest BCUT2D eigenvalue weighted by Gasteiger charge is -2.22. The van der Waals surface area contributed by atoms with Crippen molar-refractivity contribution in [1.82, 2.24) is 15.2 Å². The molecule has 0 saturated carbocycles. The van der Waals surface area contributed by atoms with Gasteiger partial charge in [0.05, 0.1) is 11.6 Å². The first-order chi connectivity index (χ1) is 18.0. The van der Waals surface area contributed by atoms with E-state index in [0.29, 0.717) is 26.8 Å². The topological polar surface area (TPSA) is 96.3 Å². The van der Waals surface area contributed by atoms with Crippen molar-refractivity contribution in [1.29, 1.82) is 0 Å². The van der Waals surface area contributed by atoms with E-state index in [1.807, 2.05) is 31.2 Å². The van der Waals surface area contributed by atoms with Crippen molar-refractivity contribution in [3.63, 3.8) is 0 Å². The maximum absolute atomic E-state index is 14.0. The van der Waals surface area contributed by atoms with Crippen LogP contribution in [0.1, 0.15) is 35.2 Å². The Morgan fingerprint density at radius 2 is 1.78 bits per heavy atom. The Morgan fingerprint density at radius 1 is 1.05 bits per heavy atom. The van der Waals surface area contributed by atoms with Crippen molar-refractivity contribution in [3.05, 3.63) is 107 Å². The van der Waals surface area contributed by atoms with Crippen molar-refractivity contribution in [2.24, 2.45) is 0 Å². The van der Waals surface area contributed by atoms with Crippen LogP contribution in [0.5, 0.6) is 0 Å². The highest BCUT2D eigenvalue weighted by Gasteiger charge is 2.48. The maximum Gasteiger partial charge on any atom is 0.301 e. The van der Waals surface area contributed by atoms with Gasteiger partial charge in [-0.05, 0) is 41.3 Å². The van der Waals surface area contributed by atoms with Crippen molar-refractivity contribution in [2.75, 3.05) is 4.90 Å². The number of benzene rings is 2. The third kappa shape index (κ3) is 4.90. The van der Waals surface area contributed by atoms with E-state index in [0.717, 1.165) is 23.3 Å². The number of aliphatic hydroxyl groups is 1. The van der Waals surface area contributed by atoms with Gasteiger partial charge in [-0.3, -0.25) is 19.5 Å². The van der Waals surface area contributed by atoms with E-state index in [1.54, 1.807) is 30.3 Å². The van der Waals surface area contributed by atoms with Gasteiger partial charge in [-0.1, -0.05) is 72.5 Å². The van der Waals surface area contributed by atoms with E-state index in [9.17, 15) is 19.1 Å². The van der Waals surface area contributed by atoms with E-state index in [-0.39, 0.29) is 22.3 Å². The Kier molecular flexibility index (Phi) is 7.11. The van der Waals surface area contributed by atoms with Crippen LogP contribution in [0.2, 0.25) is 0 Å². The van der Waals surface area contributed by atoms with E-state index in [1.165, 1.54) is 35.1 Å². The first-order valence-electron chi connectivity index (χ1n) is 11.5. The van der Waals surface area contributed by atoms with Crippen molar-refractivity contribution in [2.45, 2.75) is 29.5 Å². The van der Waals surface area contributed by atoms with Crippen molar-refractivity contribution < 1.29 is 19.1 Å². The van der Waals surface area contributed by atoms with Gasteiger partial charge in [0, 0.05) is 23.7 Å². The van der Waals surface area contributed by atoms with Crippen LogP contribution in [0.15, 0.2) is 83.0 Å². The van der Waals surface area contributed by atoms with E-state index in [4.69, 9.17) is 0 Å². The van der Waals surface area contributed by atoms with Crippen LogP contribution < -0.4 is 4.90 Å². The molecule has 1 N–H and O–H groups in total. The summed E-state index contributed by atoms with van der Waals surface area (Å²) >= 11 is 2.42. The first-order valence-corrected chi connectivity index (χ1v) is 13.3. The number of thioether (sulfide) groups is 1. The molecule has 2 aromatic heterocycles. The molecule has 1 aliphatic rings. The molecule has 10 heteroatoms. The van der Waals surface area contributed by atoms with Gasteiger partial charge in [-0.25, -0.2) is 4.39 Å². The molecule has 1 amide bonds. The summed E-state index contributed by atoms with van der Waals surface area (Å²) in [7, 11) is 0. The zero-order valence-corrected chi connectivity index (χ0v) is 21.3. The summed E-state index contributed by atoms with van der Waals surface area (Å²) in [5.74, 6) is -1.87. The van der Waals surface area contributed by atoms with Crippen molar-refractivity contribution in [3.8, 4) is 0 Å². The lowest BCUT2D eigenvalue weighted by molar-refractivity contribution is -0.132. The van der Waals surface area contributed by atoms with E-state index in [2.05, 4.69) is 15.2 Å². The number of halogens is 1. The molecule has 0 bridgehead atoms. The highest BCUT2D eigenvalue weighted by atomic mass is 32.2. The molecule has 5 rings (SSSR count). The minimum absolute atomic E-state index is 0.0313. The molecule has 1 aliphatic heterocycles. The van der Waals surface area contributed by atoms with Crippen molar-refractivity contribution >= 4 is 45.7 Å². The highest BCUT2D eigenvalue weighted by molar-refractivity contribution is 8.00. The van der Waals surface area contributed by atoms with Gasteiger partial charge in [0.1, 0.15) is 11.6 Å². The fraction of sp³-hybridized carbons (Fsp3) is 0.148. The molecule has 186 valence electrons. The Bertz CT molecular complexity index is 1490. The largest absolute Gasteiger partial charge is 0.507 e. The minimum atomic E-state index is -0.892. The summed E-state index contributed by atoms with van der Waals surface area (Å²) in [6.07, 6.45) is 3.83. The average Bonchev–Trinajstić information content (AvgIpc) is 3.50. The quantitative estimate of drug-likeness (QED) is 0.110. The first kappa shape index (κ1) is 24.8. The highest BCUT2D eigenvalue weighted by Crippen LogP contribution is 2.44. The molecule has 37 heavy (non-hydrogen) atoms. The normalized spacial score (nSPS) is 16.9. The van der Waals surface area contributed by atoms with E-state index < -0.39 is 17.7 Å². The lowest BCUT2D eigenvalue weighted by atomic mass is 9.95. The number of aromatic nitrogens is 3. The van der Waals surface area contributed by atoms with Crippen LogP contribution in [-0.4, -0.2) is 32.0 Å². The molecule has 0 spiro atoms. The third-order valence-electron chi connectivity index (χ3n) is 6.01. The lowest BCUT2D eigenvalue weighted by Crippen LogP contribution is -2.29. The van der Waals surface area contributed by atoms with Gasteiger partial charge < -0.3 is 5.11 Å². The number of aliphatic hydroxyl groups excluding tert-OH is 1. The van der Waals surface area contributed by atoms with Gasteiger partial charge in [0.25, 0.3) is 5.78 Å². The van der Waals surface area contributed by atoms with Crippen LogP contribution in [0.4, 0.5) is 9.52 Å². The molecule has 7 nitrogen and oxygen atoms in total. The number of pyridine rings is 1. The summed E-state index contributed by atoms with van der Waals surface area (Å²) in [5, 5.41) is 19.7. The number of aryl methyl sites for hydroxylation is 1. The van der Waals surface area contributed by atoms with Crippen LogP contribution >= 0.6 is 23.1 Å². The number of anilines is 1. The summed E-state index contributed by atoms with van der Waals surface area (Å²) in [4.78, 5) is 31.8. The number of amides is 1. The Labute approximate surface area is 220 Å². The average molecular weight is 533 g/mol. The SMILES string of the molecule is CCc1ccc(C2/C(=C(\O)c3ccncc3)C(=O)C(=O)N2c2nnc(SCc3ccccc3F)s2)cc1. The summed E-state index contributed by atoms with van der Waals surface area (Å²) in [6, 6.07) is 16.3. The molecule has 0 aliphatic carbocycles. The number of hydrogen-bond acceptors (Lipinski definition) is 8. The van der Waals surface area contributed by atoms with Gasteiger partial charge in [0.15, 0.2) is 4.34 Å². The van der Waals surface area contributed by atoms with Crippen LogP contribution in [0.3, 0.4) is 0 Å². The zero-order valence-electron chi connectivity index (χ0n) is 19.7. The summed E-state index contributed by atoms with van der Waals surface area (Å²) in [5.41, 5.74) is 2.62. The number of rotatable bonds is 7. The van der Waals surface area contributed by atoms with Gasteiger partial charge in [0.2, 0.25) is 5.13 Å². The van der Waals surface area contributed by atoms with Crippen LogP contribution in [0, 0.1) is 5.82 Å². The predicted octanol–water partition coefficient (Wildman–Crippen LogP) is 5.55. The number of carbonyl (C=O) groups excluding carboxylic acids is 2. The monoisotopic (exact) mass is 532 g/mol. The smallest absolute Gasteiger partial charge is 0.301 e. The Hall–Kier alpha value is -3.89. The Morgan fingerprint density at radius 3 is 2.49 bits per heavy atom. The molecule has 1 unspecified atom stereocenters. The second-order valence-electron chi connectivity index (χ2n) is 8.23. The number of hydrogen-bond donors (Lipinski definition) is 1. The standard InChI is InChI=1S/C27H21FN4O3S2/c1-2-16-7-9-17(10-8-16)22-21(23(33)18-11-13-29-14-12-18)24(34)25(35)32(22)26-30-31-27(37-26)36-15-19-5-3-4-6-20(19)28/h3-14,22,33H,2,15H2,1H3/b23-21+. The van der Waals surface area contributed by atoms with Gasteiger partial charge in [-0.2, -0.15) is 0 Å². The second-order valence-corrected chi connectivity index (χ2v) is 10.4. The predicted molar refractivity (Wildman–Crippen MR) is 141 cm³/mol. The van der Waals surface area contributed by atoms with Crippen LogP contribution in [0.25, 0.3) is 5.76 Å². The summed E-state index contributed by atoms with van der Waals surface area (Å²) < 4.78 is 14.5. The molecular weight excluding hydrogens is 511 g/mol. The zero-order chi connectivity index (χ0) is 25.9. The van der Waals surface area contributed by atoms with Gasteiger partial charge in [-0.15, -0.1) is 10.2 Å². The van der Waals surface area contributed by atoms with Gasteiger partial charge >= 0.3 is 5.91 Å². The number of carbonyl (C=O) groups is 2. The van der Waals surface area contributed by atoms with E-state index >= 15 is 0 Å².